The highest BCUT2D eigenvalue weighted by Gasteiger charge is 2.28. The van der Waals surface area contributed by atoms with Gasteiger partial charge in [-0.15, -0.1) is 0 Å². The second kappa shape index (κ2) is 5.79. The van der Waals surface area contributed by atoms with E-state index in [0.717, 1.165) is 0 Å². The first-order valence-electron chi connectivity index (χ1n) is 3.77. The lowest BCUT2D eigenvalue weighted by Gasteiger charge is -2.12. The third-order valence-electron chi connectivity index (χ3n) is 1.77. The highest BCUT2D eigenvalue weighted by Crippen LogP contribution is 2.42. The summed E-state index contributed by atoms with van der Waals surface area (Å²) in [7, 11) is 0. The van der Waals surface area contributed by atoms with Crippen LogP contribution in [0.15, 0.2) is 17.9 Å². The summed E-state index contributed by atoms with van der Waals surface area (Å²) in [5.41, 5.74) is -0.632. The van der Waals surface area contributed by atoms with Crippen LogP contribution in [0.25, 0.3) is 0 Å². The zero-order valence-electron chi connectivity index (χ0n) is 7.63. The van der Waals surface area contributed by atoms with Crippen molar-refractivity contribution in [1.29, 1.82) is 0 Å². The summed E-state index contributed by atoms with van der Waals surface area (Å²) in [5, 5.41) is 17.4. The maximum absolute atomic E-state index is 11.4. The quantitative estimate of drug-likeness (QED) is 0.279. The van der Waals surface area contributed by atoms with Crippen LogP contribution in [0.3, 0.4) is 0 Å². The molecule has 0 aliphatic rings. The van der Waals surface area contributed by atoms with E-state index in [1.165, 1.54) is 0 Å². The molecule has 1 aromatic carbocycles. The zero-order valence-corrected chi connectivity index (χ0v) is 14.0. The van der Waals surface area contributed by atoms with Crippen LogP contribution in [0.5, 0.6) is 0 Å². The number of benzene rings is 1. The van der Waals surface area contributed by atoms with Crippen molar-refractivity contribution in [2.24, 2.45) is 0 Å². The topological polar surface area (TPSA) is 83.8 Å². The molecule has 2 N–H and O–H groups in total. The third-order valence-corrected chi connectivity index (χ3v) is 6.54. The summed E-state index contributed by atoms with van der Waals surface area (Å²) in [6.07, 6.45) is 0. The summed E-state index contributed by atoms with van der Waals surface area (Å²) in [5.74, 6) is -2.52. The number of halogens is 4. The Morgan fingerprint density at radius 3 is 1.65 bits per heavy atom. The molecule has 17 heavy (non-hydrogen) atoms. The van der Waals surface area contributed by atoms with Gasteiger partial charge in [-0.3, -0.25) is 4.89 Å². The van der Waals surface area contributed by atoms with Crippen molar-refractivity contribution in [3.63, 3.8) is 0 Å². The van der Waals surface area contributed by atoms with Gasteiger partial charge in [-0.2, -0.15) is 5.26 Å². The van der Waals surface area contributed by atoms with E-state index in [1.807, 2.05) is 0 Å². The Balaban J connectivity index is 3.78. The summed E-state index contributed by atoms with van der Waals surface area (Å²) >= 11 is 12.4. The van der Waals surface area contributed by atoms with Crippen molar-refractivity contribution in [3.05, 3.63) is 29.0 Å². The molecule has 0 saturated carbocycles. The third kappa shape index (κ3) is 2.73. The van der Waals surface area contributed by atoms with Gasteiger partial charge in [0.1, 0.15) is 0 Å². The molecule has 1 rings (SSSR count). The summed E-state index contributed by atoms with van der Waals surface area (Å²) in [6, 6.07) is 0. The van der Waals surface area contributed by atoms with Crippen molar-refractivity contribution < 1.29 is 24.8 Å². The smallest absolute Gasteiger partial charge is 0.374 e. The van der Waals surface area contributed by atoms with E-state index in [2.05, 4.69) is 68.6 Å². The molecule has 0 aliphatic heterocycles. The SMILES string of the molecule is O=C(O)c1c(Br)c(Br)c(Br)c(Br)c1C(=O)OO. The van der Waals surface area contributed by atoms with Gasteiger partial charge in [0, 0.05) is 17.9 Å². The molecule has 92 valence electrons. The number of carbonyl (C=O) groups is 2. The molecular formula is C8H2Br4O5. The molecule has 0 bridgehead atoms. The zero-order chi connectivity index (χ0) is 13.3. The normalized spacial score (nSPS) is 10.2. The largest absolute Gasteiger partial charge is 0.478 e. The van der Waals surface area contributed by atoms with E-state index >= 15 is 0 Å². The van der Waals surface area contributed by atoms with E-state index in [1.54, 1.807) is 0 Å². The number of hydrogen-bond acceptors (Lipinski definition) is 4. The summed E-state index contributed by atoms with van der Waals surface area (Å²) in [6.45, 7) is 0. The molecule has 0 aliphatic carbocycles. The Morgan fingerprint density at radius 1 is 0.882 bits per heavy atom. The molecule has 9 heteroatoms. The van der Waals surface area contributed by atoms with Gasteiger partial charge in [0.2, 0.25) is 0 Å². The lowest BCUT2D eigenvalue weighted by atomic mass is 10.1. The molecule has 0 spiro atoms. The monoisotopic (exact) mass is 494 g/mol. The predicted molar refractivity (Wildman–Crippen MR) is 72.2 cm³/mol. The number of aromatic carboxylic acids is 1. The molecule has 0 radical (unpaired) electrons. The Labute approximate surface area is 129 Å². The standard InChI is InChI=1S/C8H2Br4O5/c9-3-1(7(13)14)2(8(15)17-16)4(10)6(12)5(3)11/h16H,(H,13,14). The summed E-state index contributed by atoms with van der Waals surface area (Å²) < 4.78 is 1.13. The number of carboxylic acids is 1. The number of rotatable bonds is 2. The van der Waals surface area contributed by atoms with Crippen LogP contribution in [0.4, 0.5) is 0 Å². The minimum absolute atomic E-state index is 0.153. The average Bonchev–Trinajstić information content (AvgIpc) is 2.29. The molecule has 1 aromatic rings. The first-order valence-corrected chi connectivity index (χ1v) is 6.95. The Hall–Kier alpha value is 0.0400. The Morgan fingerprint density at radius 2 is 1.29 bits per heavy atom. The first-order chi connectivity index (χ1) is 7.82. The van der Waals surface area contributed by atoms with Crippen molar-refractivity contribution in [2.45, 2.75) is 0 Å². The molecular weight excluding hydrogens is 496 g/mol. The van der Waals surface area contributed by atoms with Gasteiger partial charge in [0.05, 0.1) is 11.1 Å². The molecule has 0 saturated heterocycles. The van der Waals surface area contributed by atoms with Crippen LogP contribution >= 0.6 is 63.7 Å². The van der Waals surface area contributed by atoms with E-state index in [9.17, 15) is 9.59 Å². The fourth-order valence-corrected chi connectivity index (χ4v) is 3.52. The van der Waals surface area contributed by atoms with E-state index in [4.69, 9.17) is 10.4 Å². The fraction of sp³-hybridized carbons (Fsp3) is 0. The van der Waals surface area contributed by atoms with Crippen molar-refractivity contribution in [3.8, 4) is 0 Å². The molecule has 0 aromatic heterocycles. The van der Waals surface area contributed by atoms with E-state index < -0.39 is 11.9 Å². The Bertz CT molecular complexity index is 513. The summed E-state index contributed by atoms with van der Waals surface area (Å²) in [4.78, 5) is 26.0. The van der Waals surface area contributed by atoms with Crippen LogP contribution in [-0.4, -0.2) is 22.3 Å². The molecule has 0 amide bonds. The van der Waals surface area contributed by atoms with Gasteiger partial charge in [0.15, 0.2) is 0 Å². The molecule has 0 atom stereocenters. The second-order valence-electron chi connectivity index (χ2n) is 2.69. The second-order valence-corrected chi connectivity index (χ2v) is 5.86. The van der Waals surface area contributed by atoms with E-state index in [0.29, 0.717) is 8.95 Å². The number of hydrogen-bond donors (Lipinski definition) is 2. The molecule has 0 heterocycles. The molecule has 0 unspecified atom stereocenters. The van der Waals surface area contributed by atoms with Gasteiger partial charge >= 0.3 is 11.9 Å². The number of carbonyl (C=O) groups excluding carboxylic acids is 1. The van der Waals surface area contributed by atoms with Gasteiger partial charge in [-0.25, -0.2) is 9.59 Å². The van der Waals surface area contributed by atoms with Crippen molar-refractivity contribution in [1.82, 2.24) is 0 Å². The maximum atomic E-state index is 11.4. The van der Waals surface area contributed by atoms with Crippen LogP contribution in [0.2, 0.25) is 0 Å². The van der Waals surface area contributed by atoms with Crippen LogP contribution in [-0.2, 0) is 4.89 Å². The van der Waals surface area contributed by atoms with Crippen LogP contribution in [0, 0.1) is 0 Å². The first kappa shape index (κ1) is 15.1. The van der Waals surface area contributed by atoms with Crippen molar-refractivity contribution in [2.75, 3.05) is 0 Å². The van der Waals surface area contributed by atoms with Gasteiger partial charge in [-0.05, 0) is 63.7 Å². The fourth-order valence-electron chi connectivity index (χ4n) is 1.07. The van der Waals surface area contributed by atoms with Crippen LogP contribution in [0.1, 0.15) is 20.7 Å². The lowest BCUT2D eigenvalue weighted by Crippen LogP contribution is -2.13. The van der Waals surface area contributed by atoms with E-state index in [-0.39, 0.29) is 20.1 Å². The van der Waals surface area contributed by atoms with Gasteiger partial charge in [-0.1, -0.05) is 0 Å². The minimum Gasteiger partial charge on any atom is -0.478 e. The maximum Gasteiger partial charge on any atom is 0.374 e. The average molecular weight is 498 g/mol. The Kier molecular flexibility index (Phi) is 5.14. The molecule has 0 fully saturated rings. The highest BCUT2D eigenvalue weighted by molar-refractivity contribution is 9.15. The van der Waals surface area contributed by atoms with Gasteiger partial charge < -0.3 is 5.11 Å². The molecule has 5 nitrogen and oxygen atoms in total. The van der Waals surface area contributed by atoms with Crippen LogP contribution < -0.4 is 0 Å². The lowest BCUT2D eigenvalue weighted by molar-refractivity contribution is -0.182. The highest BCUT2D eigenvalue weighted by atomic mass is 79.9. The van der Waals surface area contributed by atoms with Crippen molar-refractivity contribution >= 4 is 75.7 Å². The minimum atomic E-state index is -1.34. The predicted octanol–water partition coefficient (Wildman–Crippen LogP) is 4.06. The van der Waals surface area contributed by atoms with Gasteiger partial charge in [0.25, 0.3) is 0 Å². The number of carboxylic acid groups (broad SMARTS) is 1.